The predicted octanol–water partition coefficient (Wildman–Crippen LogP) is 4.35. The second-order valence-corrected chi connectivity index (χ2v) is 7.10. The van der Waals surface area contributed by atoms with Crippen LogP contribution in [0.5, 0.6) is 0 Å². The molecule has 0 saturated heterocycles. The van der Waals surface area contributed by atoms with Gasteiger partial charge in [-0.2, -0.15) is 0 Å². The van der Waals surface area contributed by atoms with E-state index in [1.165, 1.54) is 5.56 Å². The third-order valence-electron chi connectivity index (χ3n) is 4.68. The van der Waals surface area contributed by atoms with Gasteiger partial charge >= 0.3 is 0 Å². The molecule has 0 saturated carbocycles. The van der Waals surface area contributed by atoms with E-state index < -0.39 is 0 Å². The molecule has 1 aromatic heterocycles. The number of amides is 1. The van der Waals surface area contributed by atoms with Gasteiger partial charge in [-0.3, -0.25) is 9.36 Å². The molecule has 3 aromatic rings. The molecule has 0 unspecified atom stereocenters. The molecule has 5 heteroatoms. The van der Waals surface area contributed by atoms with E-state index in [1.54, 1.807) is 17.2 Å². The summed E-state index contributed by atoms with van der Waals surface area (Å²) in [5.74, 6) is 0.226. The minimum Gasteiger partial charge on any atom is -0.345 e. The quantitative estimate of drug-likeness (QED) is 0.680. The Hall–Kier alpha value is -2.95. The van der Waals surface area contributed by atoms with E-state index in [1.807, 2.05) is 24.3 Å². The van der Waals surface area contributed by atoms with Crippen LogP contribution in [0.2, 0.25) is 0 Å². The Bertz CT molecular complexity index is 852. The second-order valence-electron chi connectivity index (χ2n) is 7.10. The van der Waals surface area contributed by atoms with Crippen LogP contribution in [-0.4, -0.2) is 20.7 Å². The molecule has 140 valence electrons. The van der Waals surface area contributed by atoms with Crippen molar-refractivity contribution in [3.63, 3.8) is 0 Å². The topological polar surface area (TPSA) is 59.8 Å². The summed E-state index contributed by atoms with van der Waals surface area (Å²) in [5, 5.41) is 10.8. The number of hydrogen-bond acceptors (Lipinski definition) is 3. The van der Waals surface area contributed by atoms with Crippen molar-refractivity contribution in [2.24, 2.45) is 5.92 Å². The van der Waals surface area contributed by atoms with Crippen LogP contribution in [0.25, 0.3) is 5.69 Å². The summed E-state index contributed by atoms with van der Waals surface area (Å²) in [4.78, 5) is 12.8. The average Bonchev–Trinajstić information content (AvgIpc) is 3.22. The van der Waals surface area contributed by atoms with Crippen molar-refractivity contribution in [1.82, 2.24) is 20.1 Å². The first-order valence-electron chi connectivity index (χ1n) is 9.43. The molecule has 1 atom stereocenters. The van der Waals surface area contributed by atoms with E-state index in [0.717, 1.165) is 24.1 Å². The van der Waals surface area contributed by atoms with Crippen LogP contribution < -0.4 is 5.32 Å². The maximum atomic E-state index is 12.8. The lowest BCUT2D eigenvalue weighted by atomic mass is 9.94. The maximum absolute atomic E-state index is 12.8. The molecule has 1 N–H and O–H groups in total. The normalized spacial score (nSPS) is 12.1. The zero-order valence-electron chi connectivity index (χ0n) is 16.1. The highest BCUT2D eigenvalue weighted by Crippen LogP contribution is 2.23. The predicted molar refractivity (Wildman–Crippen MR) is 107 cm³/mol. The number of aryl methyl sites for hydroxylation is 1. The molecule has 0 aliphatic carbocycles. The highest BCUT2D eigenvalue weighted by molar-refractivity contribution is 5.94. The minimum absolute atomic E-state index is 0.0225. The lowest BCUT2D eigenvalue weighted by Gasteiger charge is -2.23. The van der Waals surface area contributed by atoms with Crippen molar-refractivity contribution in [2.75, 3.05) is 0 Å². The van der Waals surface area contributed by atoms with Crippen molar-refractivity contribution in [3.8, 4) is 5.69 Å². The maximum Gasteiger partial charge on any atom is 0.251 e. The first-order chi connectivity index (χ1) is 13.1. The van der Waals surface area contributed by atoms with Gasteiger partial charge in [-0.1, -0.05) is 51.5 Å². The van der Waals surface area contributed by atoms with E-state index in [-0.39, 0.29) is 11.9 Å². The van der Waals surface area contributed by atoms with Crippen LogP contribution in [-0.2, 0) is 6.42 Å². The highest BCUT2D eigenvalue weighted by Gasteiger charge is 2.19. The molecule has 1 amide bonds. The van der Waals surface area contributed by atoms with Crippen LogP contribution in [0.1, 0.15) is 54.7 Å². The Morgan fingerprint density at radius 3 is 2.19 bits per heavy atom. The molecular formula is C22H26N4O. The molecule has 0 aliphatic rings. The van der Waals surface area contributed by atoms with Crippen molar-refractivity contribution in [2.45, 2.75) is 39.7 Å². The highest BCUT2D eigenvalue weighted by atomic mass is 16.1. The third-order valence-corrected chi connectivity index (χ3v) is 4.68. The molecule has 0 bridgehead atoms. The van der Waals surface area contributed by atoms with Crippen LogP contribution in [0.15, 0.2) is 61.2 Å². The molecule has 0 fully saturated rings. The Balaban J connectivity index is 1.73. The fourth-order valence-corrected chi connectivity index (χ4v) is 3.16. The summed E-state index contributed by atoms with van der Waals surface area (Å²) >= 11 is 0. The second kappa shape index (κ2) is 8.62. The Kier molecular flexibility index (Phi) is 6.01. The standard InChI is InChI=1S/C22H26N4O/c1-4-5-17-6-8-18(9-7-17)21(16(2)3)25-22(27)19-10-12-20(13-11-19)26-14-23-24-15-26/h6-16,21H,4-5H2,1-3H3,(H,25,27)/t21-/m0/s1. The summed E-state index contributed by atoms with van der Waals surface area (Å²) in [7, 11) is 0. The fraction of sp³-hybridized carbons (Fsp3) is 0.318. The Morgan fingerprint density at radius 1 is 1.00 bits per heavy atom. The fourth-order valence-electron chi connectivity index (χ4n) is 3.16. The van der Waals surface area contributed by atoms with E-state index >= 15 is 0 Å². The number of carbonyl (C=O) groups excluding carboxylic acids is 1. The van der Waals surface area contributed by atoms with Crippen LogP contribution in [0.4, 0.5) is 0 Å². The SMILES string of the molecule is CCCc1ccc([C@@H](NC(=O)c2ccc(-n3cnnc3)cc2)C(C)C)cc1. The van der Waals surface area contributed by atoms with Crippen LogP contribution >= 0.6 is 0 Å². The number of nitrogens with one attached hydrogen (secondary N) is 1. The summed E-state index contributed by atoms with van der Waals surface area (Å²) in [6.45, 7) is 6.43. The van der Waals surface area contributed by atoms with Gasteiger partial charge in [-0.25, -0.2) is 0 Å². The lowest BCUT2D eigenvalue weighted by molar-refractivity contribution is 0.0925. The van der Waals surface area contributed by atoms with E-state index in [0.29, 0.717) is 11.5 Å². The molecular weight excluding hydrogens is 336 g/mol. The molecule has 0 spiro atoms. The van der Waals surface area contributed by atoms with Gasteiger partial charge in [0, 0.05) is 11.3 Å². The van der Waals surface area contributed by atoms with Crippen molar-refractivity contribution < 1.29 is 4.79 Å². The zero-order valence-corrected chi connectivity index (χ0v) is 16.1. The number of carbonyl (C=O) groups is 1. The van der Waals surface area contributed by atoms with Gasteiger partial charge in [0.25, 0.3) is 5.91 Å². The summed E-state index contributed by atoms with van der Waals surface area (Å²) in [5.41, 5.74) is 4.03. The minimum atomic E-state index is -0.0679. The van der Waals surface area contributed by atoms with Gasteiger partial charge in [-0.05, 0) is 47.7 Å². The Morgan fingerprint density at radius 2 is 1.63 bits per heavy atom. The number of hydrogen-bond donors (Lipinski definition) is 1. The van der Waals surface area contributed by atoms with Gasteiger partial charge in [-0.15, -0.1) is 10.2 Å². The van der Waals surface area contributed by atoms with Gasteiger partial charge < -0.3 is 5.32 Å². The summed E-state index contributed by atoms with van der Waals surface area (Å²) in [6.07, 6.45) is 5.48. The van der Waals surface area contributed by atoms with Crippen molar-refractivity contribution >= 4 is 5.91 Å². The van der Waals surface area contributed by atoms with E-state index in [9.17, 15) is 4.79 Å². The monoisotopic (exact) mass is 362 g/mol. The van der Waals surface area contributed by atoms with Gasteiger partial charge in [0.15, 0.2) is 0 Å². The average molecular weight is 362 g/mol. The van der Waals surface area contributed by atoms with Crippen molar-refractivity contribution in [1.29, 1.82) is 0 Å². The molecule has 0 radical (unpaired) electrons. The molecule has 1 heterocycles. The molecule has 27 heavy (non-hydrogen) atoms. The summed E-state index contributed by atoms with van der Waals surface area (Å²) < 4.78 is 1.80. The van der Waals surface area contributed by atoms with Crippen LogP contribution in [0.3, 0.4) is 0 Å². The first kappa shape index (κ1) is 18.8. The van der Waals surface area contributed by atoms with Crippen molar-refractivity contribution in [3.05, 3.63) is 77.9 Å². The van der Waals surface area contributed by atoms with Gasteiger partial charge in [0.1, 0.15) is 12.7 Å². The number of aromatic nitrogens is 3. The molecule has 5 nitrogen and oxygen atoms in total. The Labute approximate surface area is 160 Å². The van der Waals surface area contributed by atoms with E-state index in [4.69, 9.17) is 0 Å². The van der Waals surface area contributed by atoms with E-state index in [2.05, 4.69) is 60.6 Å². The number of benzene rings is 2. The van der Waals surface area contributed by atoms with Gasteiger partial charge in [0.05, 0.1) is 6.04 Å². The number of nitrogens with zero attached hydrogens (tertiary/aromatic N) is 3. The third kappa shape index (κ3) is 4.61. The molecule has 2 aromatic carbocycles. The largest absolute Gasteiger partial charge is 0.345 e. The molecule has 0 aliphatic heterocycles. The van der Waals surface area contributed by atoms with Crippen LogP contribution in [0, 0.1) is 5.92 Å². The zero-order chi connectivity index (χ0) is 19.2. The molecule has 3 rings (SSSR count). The summed E-state index contributed by atoms with van der Waals surface area (Å²) in [6, 6.07) is 16.0. The smallest absolute Gasteiger partial charge is 0.251 e. The first-order valence-corrected chi connectivity index (χ1v) is 9.43. The van der Waals surface area contributed by atoms with Gasteiger partial charge in [0.2, 0.25) is 0 Å². The number of rotatable bonds is 7. The lowest BCUT2D eigenvalue weighted by Crippen LogP contribution is -2.31.